The number of aliphatic hydroxyl groups is 1. The Labute approximate surface area is 75.9 Å². The number of hydrogen-bond acceptors (Lipinski definition) is 2. The first-order valence-electron chi connectivity index (χ1n) is 4.55. The Hall–Kier alpha value is -0.0800. The van der Waals surface area contributed by atoms with E-state index in [0.717, 1.165) is 13.0 Å². The molecule has 0 heterocycles. The van der Waals surface area contributed by atoms with Crippen molar-refractivity contribution in [1.82, 2.24) is 0 Å². The van der Waals surface area contributed by atoms with E-state index in [1.165, 1.54) is 0 Å². The summed E-state index contributed by atoms with van der Waals surface area (Å²) >= 11 is 0. The standard InChI is InChI=1S/C10H22O2/c1-8(7-12-5)6-9(11)10(2,3)4/h8-9,11H,6-7H2,1-5H3. The maximum absolute atomic E-state index is 9.73. The molecule has 1 N–H and O–H groups in total. The van der Waals surface area contributed by atoms with Gasteiger partial charge in [0.15, 0.2) is 0 Å². The molecule has 74 valence electrons. The van der Waals surface area contributed by atoms with Crippen LogP contribution in [0.5, 0.6) is 0 Å². The predicted molar refractivity (Wildman–Crippen MR) is 51.1 cm³/mol. The lowest BCUT2D eigenvalue weighted by Gasteiger charge is -2.27. The average Bonchev–Trinajstić information content (AvgIpc) is 1.85. The predicted octanol–water partition coefficient (Wildman–Crippen LogP) is 2.07. The largest absolute Gasteiger partial charge is 0.393 e. The summed E-state index contributed by atoms with van der Waals surface area (Å²) in [6, 6.07) is 0. The first-order valence-corrected chi connectivity index (χ1v) is 4.55. The van der Waals surface area contributed by atoms with Crippen LogP contribution in [0.25, 0.3) is 0 Å². The Morgan fingerprint density at radius 1 is 1.33 bits per heavy atom. The molecule has 0 amide bonds. The second kappa shape index (κ2) is 4.83. The Balaban J connectivity index is 3.76. The Morgan fingerprint density at radius 2 is 1.83 bits per heavy atom. The molecule has 0 aliphatic carbocycles. The van der Waals surface area contributed by atoms with Gasteiger partial charge in [0.1, 0.15) is 0 Å². The molecule has 0 saturated heterocycles. The lowest BCUT2D eigenvalue weighted by Crippen LogP contribution is -2.28. The molecule has 0 aliphatic rings. The van der Waals surface area contributed by atoms with Crippen LogP contribution in [0, 0.1) is 11.3 Å². The van der Waals surface area contributed by atoms with Crippen molar-refractivity contribution in [3.63, 3.8) is 0 Å². The minimum absolute atomic E-state index is 0.0119. The van der Waals surface area contributed by atoms with Gasteiger partial charge in [-0.2, -0.15) is 0 Å². The van der Waals surface area contributed by atoms with Crippen molar-refractivity contribution in [2.45, 2.75) is 40.2 Å². The van der Waals surface area contributed by atoms with Gasteiger partial charge in [0.25, 0.3) is 0 Å². The maximum Gasteiger partial charge on any atom is 0.0591 e. The van der Waals surface area contributed by atoms with Gasteiger partial charge in [0.2, 0.25) is 0 Å². The smallest absolute Gasteiger partial charge is 0.0591 e. The summed E-state index contributed by atoms with van der Waals surface area (Å²) < 4.78 is 5.01. The van der Waals surface area contributed by atoms with E-state index in [-0.39, 0.29) is 11.5 Å². The van der Waals surface area contributed by atoms with Crippen LogP contribution in [-0.4, -0.2) is 24.9 Å². The van der Waals surface area contributed by atoms with E-state index < -0.39 is 0 Å². The summed E-state index contributed by atoms with van der Waals surface area (Å²) in [6.07, 6.45) is 0.583. The third kappa shape index (κ3) is 4.73. The molecule has 0 radical (unpaired) electrons. The summed E-state index contributed by atoms with van der Waals surface area (Å²) in [4.78, 5) is 0. The number of aliphatic hydroxyl groups excluding tert-OH is 1. The maximum atomic E-state index is 9.73. The van der Waals surface area contributed by atoms with Crippen molar-refractivity contribution in [3.8, 4) is 0 Å². The second-order valence-electron chi connectivity index (χ2n) is 4.68. The van der Waals surface area contributed by atoms with Gasteiger partial charge in [0.05, 0.1) is 6.10 Å². The van der Waals surface area contributed by atoms with Gasteiger partial charge in [0, 0.05) is 13.7 Å². The van der Waals surface area contributed by atoms with Crippen LogP contribution in [-0.2, 0) is 4.74 Å². The third-order valence-corrected chi connectivity index (χ3v) is 2.08. The first-order chi connectivity index (χ1) is 5.38. The zero-order valence-electron chi connectivity index (χ0n) is 8.92. The van der Waals surface area contributed by atoms with Crippen LogP contribution in [0.3, 0.4) is 0 Å². The SMILES string of the molecule is COCC(C)CC(O)C(C)(C)C. The highest BCUT2D eigenvalue weighted by molar-refractivity contribution is 4.74. The Bertz CT molecular complexity index is 115. The van der Waals surface area contributed by atoms with Crippen LogP contribution in [0.15, 0.2) is 0 Å². The van der Waals surface area contributed by atoms with Crippen molar-refractivity contribution >= 4 is 0 Å². The Kier molecular flexibility index (Phi) is 4.80. The summed E-state index contributed by atoms with van der Waals surface area (Å²) in [7, 11) is 1.69. The highest BCUT2D eigenvalue weighted by atomic mass is 16.5. The lowest BCUT2D eigenvalue weighted by molar-refractivity contribution is 0.0296. The van der Waals surface area contributed by atoms with Crippen molar-refractivity contribution in [2.75, 3.05) is 13.7 Å². The molecule has 2 atom stereocenters. The highest BCUT2D eigenvalue weighted by Gasteiger charge is 2.23. The lowest BCUT2D eigenvalue weighted by atomic mass is 9.84. The van der Waals surface area contributed by atoms with Crippen LogP contribution in [0.1, 0.15) is 34.1 Å². The molecular weight excluding hydrogens is 152 g/mol. The van der Waals surface area contributed by atoms with E-state index in [0.29, 0.717) is 5.92 Å². The van der Waals surface area contributed by atoms with E-state index in [2.05, 4.69) is 27.7 Å². The zero-order chi connectivity index (χ0) is 9.78. The zero-order valence-corrected chi connectivity index (χ0v) is 8.92. The quantitative estimate of drug-likeness (QED) is 0.707. The van der Waals surface area contributed by atoms with Gasteiger partial charge >= 0.3 is 0 Å². The molecule has 0 saturated carbocycles. The minimum Gasteiger partial charge on any atom is -0.393 e. The fourth-order valence-corrected chi connectivity index (χ4v) is 1.09. The molecule has 0 aromatic heterocycles. The van der Waals surface area contributed by atoms with Gasteiger partial charge in [-0.3, -0.25) is 0 Å². The van der Waals surface area contributed by atoms with E-state index in [4.69, 9.17) is 4.74 Å². The summed E-state index contributed by atoms with van der Waals surface area (Å²) in [5.74, 6) is 0.434. The normalized spacial score (nSPS) is 17.5. The monoisotopic (exact) mass is 174 g/mol. The molecule has 0 rings (SSSR count). The van der Waals surface area contributed by atoms with Crippen LogP contribution in [0.2, 0.25) is 0 Å². The Morgan fingerprint density at radius 3 is 2.17 bits per heavy atom. The third-order valence-electron chi connectivity index (χ3n) is 2.08. The molecule has 0 aliphatic heterocycles. The van der Waals surface area contributed by atoms with Crippen molar-refractivity contribution in [3.05, 3.63) is 0 Å². The van der Waals surface area contributed by atoms with Crippen LogP contribution >= 0.6 is 0 Å². The molecule has 12 heavy (non-hydrogen) atoms. The van der Waals surface area contributed by atoms with Gasteiger partial charge in [-0.15, -0.1) is 0 Å². The minimum atomic E-state index is -0.234. The number of hydrogen-bond donors (Lipinski definition) is 1. The fraction of sp³-hybridized carbons (Fsp3) is 1.00. The van der Waals surface area contributed by atoms with E-state index >= 15 is 0 Å². The molecule has 0 spiro atoms. The summed E-state index contributed by atoms with van der Waals surface area (Å²) in [5.41, 5.74) is -0.0119. The van der Waals surface area contributed by atoms with Gasteiger partial charge < -0.3 is 9.84 Å². The first kappa shape index (κ1) is 11.9. The fourth-order valence-electron chi connectivity index (χ4n) is 1.09. The van der Waals surface area contributed by atoms with Crippen LogP contribution in [0.4, 0.5) is 0 Å². The van der Waals surface area contributed by atoms with Gasteiger partial charge in [-0.05, 0) is 17.8 Å². The molecular formula is C10H22O2. The molecule has 0 fully saturated rings. The molecule has 0 aromatic carbocycles. The van der Waals surface area contributed by atoms with Gasteiger partial charge in [-0.25, -0.2) is 0 Å². The highest BCUT2D eigenvalue weighted by Crippen LogP contribution is 2.24. The number of ether oxygens (including phenoxy) is 1. The van der Waals surface area contributed by atoms with Gasteiger partial charge in [-0.1, -0.05) is 27.7 Å². The second-order valence-corrected chi connectivity index (χ2v) is 4.68. The van der Waals surface area contributed by atoms with E-state index in [1.54, 1.807) is 7.11 Å². The van der Waals surface area contributed by atoms with E-state index in [1.807, 2.05) is 0 Å². The molecule has 2 unspecified atom stereocenters. The van der Waals surface area contributed by atoms with E-state index in [9.17, 15) is 5.11 Å². The molecule has 0 bridgehead atoms. The summed E-state index contributed by atoms with van der Waals surface area (Å²) in [5, 5.41) is 9.73. The molecule has 2 heteroatoms. The molecule has 0 aromatic rings. The average molecular weight is 174 g/mol. The topological polar surface area (TPSA) is 29.5 Å². The molecule has 2 nitrogen and oxygen atoms in total. The van der Waals surface area contributed by atoms with Crippen molar-refractivity contribution in [1.29, 1.82) is 0 Å². The van der Waals surface area contributed by atoms with Crippen molar-refractivity contribution < 1.29 is 9.84 Å². The van der Waals surface area contributed by atoms with Crippen LogP contribution < -0.4 is 0 Å². The number of methoxy groups -OCH3 is 1. The number of rotatable bonds is 4. The van der Waals surface area contributed by atoms with Crippen molar-refractivity contribution in [2.24, 2.45) is 11.3 Å². The summed E-state index contributed by atoms with van der Waals surface area (Å²) in [6.45, 7) is 8.98.